The monoisotopic (exact) mass is 608 g/mol. The van der Waals surface area contributed by atoms with Gasteiger partial charge in [-0.05, 0) is 57.6 Å². The number of piperazine rings is 1. The van der Waals surface area contributed by atoms with Gasteiger partial charge in [-0.3, -0.25) is 14.5 Å². The van der Waals surface area contributed by atoms with E-state index in [0.29, 0.717) is 54.0 Å². The van der Waals surface area contributed by atoms with Gasteiger partial charge in [0.15, 0.2) is 0 Å². The summed E-state index contributed by atoms with van der Waals surface area (Å²) in [5, 5.41) is 4.36. The highest BCUT2D eigenvalue weighted by Crippen LogP contribution is 2.37. The minimum Gasteiger partial charge on any atom is -0.444 e. The largest absolute Gasteiger partial charge is 0.444 e. The molecular formula is C30H37ClN8O4. The fraction of sp³-hybridized carbons (Fsp3) is 0.533. The Morgan fingerprint density at radius 1 is 1.09 bits per heavy atom. The first-order chi connectivity index (χ1) is 20.5. The molecular weight excluding hydrogens is 572 g/mol. The molecule has 12 nitrogen and oxygen atoms in total. The number of rotatable bonds is 5. The number of hydrogen-bond acceptors (Lipinski definition) is 9. The van der Waals surface area contributed by atoms with Crippen molar-refractivity contribution in [1.29, 1.82) is 0 Å². The van der Waals surface area contributed by atoms with Crippen molar-refractivity contribution in [2.24, 2.45) is 11.8 Å². The number of halogens is 1. The molecule has 0 unspecified atom stereocenters. The van der Waals surface area contributed by atoms with Crippen LogP contribution in [-0.4, -0.2) is 72.4 Å². The second-order valence-corrected chi connectivity index (χ2v) is 13.1. The first-order valence-electron chi connectivity index (χ1n) is 14.9. The zero-order valence-corrected chi connectivity index (χ0v) is 25.7. The van der Waals surface area contributed by atoms with E-state index in [-0.39, 0.29) is 11.9 Å². The van der Waals surface area contributed by atoms with Gasteiger partial charge < -0.3 is 19.1 Å². The van der Waals surface area contributed by atoms with Crippen LogP contribution in [0.25, 0.3) is 33.8 Å². The minimum absolute atomic E-state index is 0.214. The van der Waals surface area contributed by atoms with Gasteiger partial charge in [-0.1, -0.05) is 36.5 Å². The second-order valence-electron chi connectivity index (χ2n) is 12.7. The molecule has 4 aromatic rings. The molecule has 6 rings (SSSR count). The highest BCUT2D eigenvalue weighted by atomic mass is 35.5. The number of fused-ring (bicyclic) bond motifs is 1. The normalized spacial score (nSPS) is 19.7. The zero-order chi connectivity index (χ0) is 30.3. The first kappa shape index (κ1) is 29.2. The predicted octanol–water partition coefficient (Wildman–Crippen LogP) is 5.37. The average molecular weight is 609 g/mol. The Balaban J connectivity index is 1.44. The van der Waals surface area contributed by atoms with Crippen LogP contribution in [0.5, 0.6) is 0 Å². The van der Waals surface area contributed by atoms with Gasteiger partial charge in [0.2, 0.25) is 11.8 Å². The smallest absolute Gasteiger partial charge is 0.439 e. The number of pyridine rings is 2. The summed E-state index contributed by atoms with van der Waals surface area (Å²) in [6.07, 6.45) is 7.70. The molecule has 5 heterocycles. The van der Waals surface area contributed by atoms with Crippen LogP contribution >= 0.6 is 11.6 Å². The second kappa shape index (κ2) is 11.6. The number of nitrogens with one attached hydrogen (secondary N) is 1. The van der Waals surface area contributed by atoms with Gasteiger partial charge in [-0.15, -0.1) is 0 Å². The summed E-state index contributed by atoms with van der Waals surface area (Å²) in [7, 11) is 0. The van der Waals surface area contributed by atoms with E-state index in [2.05, 4.69) is 31.5 Å². The van der Waals surface area contributed by atoms with E-state index in [1.165, 1.54) is 12.8 Å². The van der Waals surface area contributed by atoms with Crippen LogP contribution in [0.3, 0.4) is 0 Å². The molecule has 1 saturated heterocycles. The Hall–Kier alpha value is -3.93. The summed E-state index contributed by atoms with van der Waals surface area (Å²) in [6.45, 7) is 11.0. The minimum atomic E-state index is -0.663. The topological polar surface area (TPSA) is 135 Å². The van der Waals surface area contributed by atoms with Gasteiger partial charge >= 0.3 is 11.8 Å². The van der Waals surface area contributed by atoms with Crippen LogP contribution < -0.4 is 10.7 Å². The van der Waals surface area contributed by atoms with Crippen LogP contribution in [0, 0.1) is 11.8 Å². The molecule has 2 aliphatic rings. The Kier molecular flexibility index (Phi) is 7.89. The molecule has 1 aliphatic carbocycles. The van der Waals surface area contributed by atoms with Crippen LogP contribution in [-0.2, 0) is 11.3 Å². The number of imidazole rings is 1. The number of aromatic nitrogens is 6. The van der Waals surface area contributed by atoms with Crippen molar-refractivity contribution < 1.29 is 14.1 Å². The number of hydrogen-bond donors (Lipinski definition) is 1. The third-order valence-corrected chi connectivity index (χ3v) is 8.36. The average Bonchev–Trinajstić information content (AvgIpc) is 3.56. The van der Waals surface area contributed by atoms with E-state index in [1.54, 1.807) is 17.3 Å². The van der Waals surface area contributed by atoms with Crippen molar-refractivity contribution >= 4 is 34.7 Å². The molecule has 0 atom stereocenters. The van der Waals surface area contributed by atoms with E-state index >= 15 is 0 Å². The lowest BCUT2D eigenvalue weighted by atomic mass is 9.83. The number of carbonyl (C=O) groups excluding carboxylic acids is 1. The van der Waals surface area contributed by atoms with Crippen LogP contribution in [0.2, 0.25) is 5.02 Å². The highest BCUT2D eigenvalue weighted by Gasteiger charge is 2.30. The summed E-state index contributed by atoms with van der Waals surface area (Å²) in [6, 6.07) is 3.65. The number of aromatic amines is 1. The standard InChI is InChI=1S/C30H37ClN8O4/c1-18-5-7-19(8-6-18)17-39-25-22(34-27(39)37-9-11-38(12-10-37)29(41)42-30(2,3)4)14-23(26-35-28(40)43-36-26)33-24(25)20-13-21(31)16-32-15-20/h13-16,18-19H,5-12,17H2,1-4H3,(H,35,36,40). The first-order valence-corrected chi connectivity index (χ1v) is 15.2. The van der Waals surface area contributed by atoms with Crippen molar-refractivity contribution in [2.45, 2.75) is 65.5 Å². The summed E-state index contributed by atoms with van der Waals surface area (Å²) in [5.41, 5.74) is 2.81. The lowest BCUT2D eigenvalue weighted by Gasteiger charge is -2.36. The van der Waals surface area contributed by atoms with Crippen molar-refractivity contribution in [1.82, 2.24) is 34.6 Å². The van der Waals surface area contributed by atoms with E-state index in [0.717, 1.165) is 42.3 Å². The molecule has 0 bridgehead atoms. The molecule has 1 amide bonds. The molecule has 1 N–H and O–H groups in total. The van der Waals surface area contributed by atoms with Crippen LogP contribution in [0.15, 0.2) is 33.8 Å². The fourth-order valence-electron chi connectivity index (χ4n) is 5.95. The molecule has 1 saturated carbocycles. The van der Waals surface area contributed by atoms with Gasteiger partial charge in [-0.25, -0.2) is 19.6 Å². The highest BCUT2D eigenvalue weighted by molar-refractivity contribution is 6.30. The van der Waals surface area contributed by atoms with E-state index in [1.807, 2.05) is 32.9 Å². The molecule has 2 fully saturated rings. The third-order valence-electron chi connectivity index (χ3n) is 8.16. The molecule has 43 heavy (non-hydrogen) atoms. The molecule has 0 aromatic carbocycles. The Morgan fingerprint density at radius 3 is 2.49 bits per heavy atom. The molecule has 0 radical (unpaired) electrons. The van der Waals surface area contributed by atoms with Crippen molar-refractivity contribution in [2.75, 3.05) is 31.1 Å². The van der Waals surface area contributed by atoms with E-state index < -0.39 is 11.4 Å². The van der Waals surface area contributed by atoms with Crippen LogP contribution in [0.1, 0.15) is 53.4 Å². The third kappa shape index (κ3) is 6.39. The maximum absolute atomic E-state index is 12.8. The Labute approximate surface area is 254 Å². The molecule has 228 valence electrons. The Bertz CT molecular complexity index is 1670. The van der Waals surface area contributed by atoms with Crippen LogP contribution in [0.4, 0.5) is 10.7 Å². The summed E-state index contributed by atoms with van der Waals surface area (Å²) in [4.78, 5) is 45.5. The lowest BCUT2D eigenvalue weighted by Crippen LogP contribution is -2.50. The summed E-state index contributed by atoms with van der Waals surface area (Å²) in [5.74, 6) is 1.60. The number of H-pyrrole nitrogens is 1. The van der Waals surface area contributed by atoms with Crippen molar-refractivity contribution in [3.05, 3.63) is 40.1 Å². The SMILES string of the molecule is CC1CCC(Cn2c(N3CCN(C(=O)OC(C)(C)C)CC3)nc3cc(-c4noc(=O)[nH]4)nc(-c4cncc(Cl)c4)c32)CC1. The van der Waals surface area contributed by atoms with Gasteiger partial charge in [0.25, 0.3) is 0 Å². The number of anilines is 1. The molecule has 1 aliphatic heterocycles. The zero-order valence-electron chi connectivity index (χ0n) is 25.0. The van der Waals surface area contributed by atoms with Crippen molar-refractivity contribution in [3.8, 4) is 22.8 Å². The van der Waals surface area contributed by atoms with Crippen molar-refractivity contribution in [3.63, 3.8) is 0 Å². The van der Waals surface area contributed by atoms with Gasteiger partial charge in [0, 0.05) is 50.7 Å². The molecule has 0 spiro atoms. The number of ether oxygens (including phenoxy) is 1. The lowest BCUT2D eigenvalue weighted by molar-refractivity contribution is 0.0240. The predicted molar refractivity (Wildman–Crippen MR) is 163 cm³/mol. The number of carbonyl (C=O) groups is 1. The van der Waals surface area contributed by atoms with Gasteiger partial charge in [0.05, 0.1) is 21.7 Å². The maximum atomic E-state index is 12.8. The van der Waals surface area contributed by atoms with Gasteiger partial charge in [-0.2, -0.15) is 0 Å². The van der Waals surface area contributed by atoms with E-state index in [4.69, 9.17) is 30.8 Å². The summed E-state index contributed by atoms with van der Waals surface area (Å²) >= 11 is 6.38. The maximum Gasteiger partial charge on any atom is 0.439 e. The fourth-order valence-corrected chi connectivity index (χ4v) is 6.12. The number of amides is 1. The Morgan fingerprint density at radius 2 is 1.84 bits per heavy atom. The van der Waals surface area contributed by atoms with Gasteiger partial charge in [0.1, 0.15) is 11.3 Å². The van der Waals surface area contributed by atoms with E-state index in [9.17, 15) is 9.59 Å². The number of nitrogens with zero attached hydrogens (tertiary/aromatic N) is 7. The molecule has 4 aromatic heterocycles. The quantitative estimate of drug-likeness (QED) is 0.317. The molecule has 13 heteroatoms. The summed E-state index contributed by atoms with van der Waals surface area (Å²) < 4.78 is 12.7.